The van der Waals surface area contributed by atoms with Gasteiger partial charge in [0.15, 0.2) is 0 Å². The zero-order valence-corrected chi connectivity index (χ0v) is 13.7. The van der Waals surface area contributed by atoms with Crippen LogP contribution in [-0.4, -0.2) is 30.5 Å². The first-order chi connectivity index (χ1) is 10.1. The molecular weight excluding hydrogens is 309 g/mol. The molecule has 0 aromatic carbocycles. The first kappa shape index (κ1) is 16.4. The molecule has 21 heavy (non-hydrogen) atoms. The fraction of sp³-hybridized carbons (Fsp3) is 0.400. The molecule has 1 unspecified atom stereocenters. The van der Waals surface area contributed by atoms with Gasteiger partial charge in [-0.15, -0.1) is 11.3 Å². The molecule has 2 heterocycles. The first-order valence-electron chi connectivity index (χ1n) is 6.80. The Kier molecular flexibility index (Phi) is 6.11. The average molecular weight is 328 g/mol. The normalized spacial score (nSPS) is 12.8. The molecule has 3 nitrogen and oxygen atoms in total. The highest BCUT2D eigenvalue weighted by atomic mass is 35.5. The van der Waals surface area contributed by atoms with E-state index < -0.39 is 0 Å². The molecule has 1 atom stereocenters. The molecule has 0 aliphatic rings. The maximum absolute atomic E-state index is 12.9. The van der Waals surface area contributed by atoms with Crippen molar-refractivity contribution >= 4 is 22.9 Å². The fourth-order valence-corrected chi connectivity index (χ4v) is 3.33. The average Bonchev–Trinajstić information content (AvgIpc) is 2.86. The van der Waals surface area contributed by atoms with Crippen LogP contribution in [0.25, 0.3) is 0 Å². The molecule has 2 rings (SSSR count). The second kappa shape index (κ2) is 7.84. The summed E-state index contributed by atoms with van der Waals surface area (Å²) >= 11 is 7.55. The van der Waals surface area contributed by atoms with Crippen molar-refractivity contribution < 1.29 is 4.39 Å². The maximum Gasteiger partial charge on any atom is 0.141 e. The number of nitrogens with zero attached hydrogens (tertiary/aromatic N) is 2. The van der Waals surface area contributed by atoms with E-state index in [2.05, 4.69) is 28.3 Å². The van der Waals surface area contributed by atoms with Gasteiger partial charge in [0, 0.05) is 18.0 Å². The first-order valence-corrected chi connectivity index (χ1v) is 7.99. The van der Waals surface area contributed by atoms with Crippen molar-refractivity contribution in [1.82, 2.24) is 15.2 Å². The van der Waals surface area contributed by atoms with Gasteiger partial charge in [0.2, 0.25) is 0 Å². The lowest BCUT2D eigenvalue weighted by Gasteiger charge is -2.20. The van der Waals surface area contributed by atoms with Gasteiger partial charge in [-0.25, -0.2) is 4.39 Å². The molecule has 1 N–H and O–H groups in total. The molecule has 0 fully saturated rings. The van der Waals surface area contributed by atoms with Crippen molar-refractivity contribution in [3.63, 3.8) is 0 Å². The van der Waals surface area contributed by atoms with E-state index in [1.54, 1.807) is 17.4 Å². The zero-order valence-electron chi connectivity index (χ0n) is 12.1. The van der Waals surface area contributed by atoms with Gasteiger partial charge in [0.05, 0.1) is 22.3 Å². The third-order valence-corrected chi connectivity index (χ3v) is 4.53. The number of aromatic nitrogens is 1. The molecule has 2 aromatic heterocycles. The quantitative estimate of drug-likeness (QED) is 0.840. The molecule has 0 aliphatic heterocycles. The lowest BCUT2D eigenvalue weighted by molar-refractivity contribution is 0.305. The highest BCUT2D eigenvalue weighted by molar-refractivity contribution is 7.16. The van der Waals surface area contributed by atoms with Crippen LogP contribution in [0.1, 0.15) is 23.0 Å². The van der Waals surface area contributed by atoms with Gasteiger partial charge in [-0.1, -0.05) is 11.6 Å². The van der Waals surface area contributed by atoms with Gasteiger partial charge in [-0.2, -0.15) is 0 Å². The van der Waals surface area contributed by atoms with E-state index in [1.165, 1.54) is 17.1 Å². The van der Waals surface area contributed by atoms with Crippen LogP contribution >= 0.6 is 22.9 Å². The Balaban J connectivity index is 1.86. The Morgan fingerprint density at radius 1 is 1.38 bits per heavy atom. The smallest absolute Gasteiger partial charge is 0.141 e. The minimum absolute atomic E-state index is 0.125. The minimum atomic E-state index is -0.305. The van der Waals surface area contributed by atoms with Crippen molar-refractivity contribution in [1.29, 1.82) is 0 Å². The molecule has 114 valence electrons. The number of halogens is 2. The van der Waals surface area contributed by atoms with E-state index in [0.29, 0.717) is 0 Å². The highest BCUT2D eigenvalue weighted by Crippen LogP contribution is 2.23. The Morgan fingerprint density at radius 2 is 2.19 bits per heavy atom. The van der Waals surface area contributed by atoms with Crippen LogP contribution < -0.4 is 5.32 Å². The van der Waals surface area contributed by atoms with E-state index in [-0.39, 0.29) is 11.9 Å². The van der Waals surface area contributed by atoms with Crippen LogP contribution in [0, 0.1) is 5.82 Å². The van der Waals surface area contributed by atoms with Crippen molar-refractivity contribution in [3.05, 3.63) is 51.2 Å². The van der Waals surface area contributed by atoms with E-state index >= 15 is 0 Å². The topological polar surface area (TPSA) is 28.2 Å². The Morgan fingerprint density at radius 3 is 2.76 bits per heavy atom. The summed E-state index contributed by atoms with van der Waals surface area (Å²) in [4.78, 5) is 7.64. The summed E-state index contributed by atoms with van der Waals surface area (Å²) in [5, 5.41) is 3.23. The van der Waals surface area contributed by atoms with E-state index in [9.17, 15) is 4.39 Å². The second-order valence-corrected chi connectivity index (χ2v) is 6.77. The summed E-state index contributed by atoms with van der Waals surface area (Å²) in [5.74, 6) is -0.305. The SMILES string of the molecule is CNC(CCN(C)Cc1ccc(Cl)s1)c1ccc(F)cn1. The fourth-order valence-electron chi connectivity index (χ4n) is 2.16. The Hall–Kier alpha value is -1.01. The van der Waals surface area contributed by atoms with Gasteiger partial charge < -0.3 is 10.2 Å². The minimum Gasteiger partial charge on any atom is -0.312 e. The van der Waals surface area contributed by atoms with Crippen molar-refractivity contribution in [3.8, 4) is 0 Å². The number of thiophene rings is 1. The van der Waals surface area contributed by atoms with Crippen molar-refractivity contribution in [2.24, 2.45) is 0 Å². The molecule has 0 spiro atoms. The molecule has 6 heteroatoms. The van der Waals surface area contributed by atoms with Crippen LogP contribution in [0.15, 0.2) is 30.5 Å². The van der Waals surface area contributed by atoms with Crippen LogP contribution in [0.3, 0.4) is 0 Å². The molecule has 0 amide bonds. The lowest BCUT2D eigenvalue weighted by Crippen LogP contribution is -2.25. The zero-order chi connectivity index (χ0) is 15.2. The molecular formula is C15H19ClFN3S. The summed E-state index contributed by atoms with van der Waals surface area (Å²) in [6.07, 6.45) is 2.17. The number of hydrogen-bond acceptors (Lipinski definition) is 4. The summed E-state index contributed by atoms with van der Waals surface area (Å²) in [7, 11) is 3.98. The largest absolute Gasteiger partial charge is 0.312 e. The summed E-state index contributed by atoms with van der Waals surface area (Å²) in [6.45, 7) is 1.80. The summed E-state index contributed by atoms with van der Waals surface area (Å²) in [6, 6.07) is 7.29. The number of pyridine rings is 1. The lowest BCUT2D eigenvalue weighted by atomic mass is 10.1. The third-order valence-electron chi connectivity index (χ3n) is 3.31. The van der Waals surface area contributed by atoms with E-state index in [1.807, 2.05) is 13.1 Å². The summed E-state index contributed by atoms with van der Waals surface area (Å²) < 4.78 is 13.7. The van der Waals surface area contributed by atoms with Crippen LogP contribution in [0.4, 0.5) is 4.39 Å². The predicted molar refractivity (Wildman–Crippen MR) is 86.3 cm³/mol. The van der Waals surface area contributed by atoms with Crippen LogP contribution in [0.5, 0.6) is 0 Å². The van der Waals surface area contributed by atoms with Gasteiger partial charge >= 0.3 is 0 Å². The van der Waals surface area contributed by atoms with E-state index in [4.69, 9.17) is 11.6 Å². The van der Waals surface area contributed by atoms with Gasteiger partial charge in [0.25, 0.3) is 0 Å². The predicted octanol–water partition coefficient (Wildman–Crippen LogP) is 3.72. The molecule has 0 saturated carbocycles. The maximum atomic E-state index is 12.9. The number of rotatable bonds is 7. The van der Waals surface area contributed by atoms with E-state index in [0.717, 1.165) is 29.5 Å². The Bertz CT molecular complexity index is 558. The third kappa shape index (κ3) is 5.04. The Labute approximate surface area is 133 Å². The number of hydrogen-bond donors (Lipinski definition) is 1. The van der Waals surface area contributed by atoms with Crippen LogP contribution in [0.2, 0.25) is 4.34 Å². The molecule has 2 aromatic rings. The standard InChI is InChI=1S/C15H19ClFN3S/c1-18-13(14-5-3-11(17)9-19-14)7-8-20(2)10-12-4-6-15(16)21-12/h3-6,9,13,18H,7-8,10H2,1-2H3. The molecule has 0 saturated heterocycles. The van der Waals surface area contributed by atoms with Crippen LogP contribution in [-0.2, 0) is 6.54 Å². The van der Waals surface area contributed by atoms with Gasteiger partial charge in [-0.05, 0) is 44.8 Å². The molecule has 0 bridgehead atoms. The molecule has 0 aliphatic carbocycles. The number of nitrogens with one attached hydrogen (secondary N) is 1. The summed E-state index contributed by atoms with van der Waals surface area (Å²) in [5.41, 5.74) is 0.867. The highest BCUT2D eigenvalue weighted by Gasteiger charge is 2.12. The van der Waals surface area contributed by atoms with Crippen molar-refractivity contribution in [2.75, 3.05) is 20.6 Å². The van der Waals surface area contributed by atoms with Gasteiger partial charge in [0.1, 0.15) is 5.82 Å². The monoisotopic (exact) mass is 327 g/mol. The molecule has 0 radical (unpaired) electrons. The van der Waals surface area contributed by atoms with Gasteiger partial charge in [-0.3, -0.25) is 4.98 Å². The van der Waals surface area contributed by atoms with Crippen molar-refractivity contribution in [2.45, 2.75) is 19.0 Å². The second-order valence-electron chi connectivity index (χ2n) is 4.97.